The Kier molecular flexibility index (Phi) is 9.80. The van der Waals surface area contributed by atoms with Gasteiger partial charge in [-0.05, 0) is 151 Å². The van der Waals surface area contributed by atoms with Gasteiger partial charge in [0.15, 0.2) is 0 Å². The summed E-state index contributed by atoms with van der Waals surface area (Å²) in [6, 6.07) is 61.0. The van der Waals surface area contributed by atoms with E-state index in [1.165, 1.54) is 110 Å². The minimum absolute atomic E-state index is 1.06. The minimum atomic E-state index is 1.06. The Morgan fingerprint density at radius 3 is 0.806 bits per heavy atom. The van der Waals surface area contributed by atoms with Crippen LogP contribution in [-0.4, -0.2) is 0 Å². The van der Waals surface area contributed by atoms with Gasteiger partial charge in [0.2, 0.25) is 0 Å². The zero-order valence-corrected chi connectivity index (χ0v) is 36.2. The van der Waals surface area contributed by atoms with Crippen molar-refractivity contribution in [3.63, 3.8) is 0 Å². The molecule has 0 saturated heterocycles. The molecule has 0 spiro atoms. The fourth-order valence-electron chi connectivity index (χ4n) is 10.1. The molecule has 10 aromatic rings. The SMILES string of the molecule is Cc1cc(C)c(-c2c(C)cc(C)c(C#Cc3c4ccccc4c(-c4ccccc4)c4ccccc34)c2C)c(C)c1C#Cc1c2ccccc2c(-c2ccccc2)c2ccccc12. The highest BCUT2D eigenvalue weighted by Crippen LogP contribution is 2.42. The number of benzene rings is 10. The van der Waals surface area contributed by atoms with Gasteiger partial charge in [-0.25, -0.2) is 0 Å². The Balaban J connectivity index is 1.14. The maximum absolute atomic E-state index is 3.76. The smallest absolute Gasteiger partial charge is 0.0406 e. The Bertz CT molecular complexity index is 3210. The molecular formula is C62H46. The summed E-state index contributed by atoms with van der Waals surface area (Å²) in [6.07, 6.45) is 0. The van der Waals surface area contributed by atoms with E-state index in [2.05, 4.69) is 235 Å². The number of hydrogen-bond acceptors (Lipinski definition) is 0. The van der Waals surface area contributed by atoms with Crippen LogP contribution in [0.5, 0.6) is 0 Å². The molecule has 294 valence electrons. The molecule has 0 N–H and O–H groups in total. The largest absolute Gasteiger partial charge is 0.0622 e. The lowest BCUT2D eigenvalue weighted by molar-refractivity contribution is 1.25. The van der Waals surface area contributed by atoms with Crippen molar-refractivity contribution in [3.05, 3.63) is 225 Å². The minimum Gasteiger partial charge on any atom is -0.0622 e. The first-order chi connectivity index (χ1) is 30.3. The van der Waals surface area contributed by atoms with E-state index in [9.17, 15) is 0 Å². The van der Waals surface area contributed by atoms with E-state index < -0.39 is 0 Å². The summed E-state index contributed by atoms with van der Waals surface area (Å²) >= 11 is 0. The normalized spacial score (nSPS) is 11.1. The maximum atomic E-state index is 3.76. The molecule has 0 fully saturated rings. The second-order valence-corrected chi connectivity index (χ2v) is 16.7. The fraction of sp³-hybridized carbons (Fsp3) is 0.0968. The standard InChI is InChI=1S/C62H46/c1-39-37-41(3)59(43(5)47(39)33-35-53-49-25-13-17-29-55(49)61(45-21-9-7-10-22-45)56-30-18-14-26-50(53)56)60-42(4)38-40(2)48(44(60)6)34-36-54-51-27-15-19-31-57(51)62(46-23-11-8-12-24-46)58-32-20-16-28-52(54)58/h7-32,37-38H,1-6H3. The van der Waals surface area contributed by atoms with Crippen LogP contribution in [0, 0.1) is 65.2 Å². The third-order valence-electron chi connectivity index (χ3n) is 12.8. The Morgan fingerprint density at radius 2 is 0.500 bits per heavy atom. The van der Waals surface area contributed by atoms with Crippen molar-refractivity contribution < 1.29 is 0 Å². The third kappa shape index (κ3) is 6.45. The number of rotatable bonds is 3. The van der Waals surface area contributed by atoms with Crippen molar-refractivity contribution in [1.29, 1.82) is 0 Å². The number of fused-ring (bicyclic) bond motifs is 4. The van der Waals surface area contributed by atoms with Crippen LogP contribution >= 0.6 is 0 Å². The summed E-state index contributed by atoms with van der Waals surface area (Å²) < 4.78 is 0. The van der Waals surface area contributed by atoms with Crippen LogP contribution in [0.2, 0.25) is 0 Å². The lowest BCUT2D eigenvalue weighted by Gasteiger charge is -2.21. The van der Waals surface area contributed by atoms with E-state index in [0.717, 1.165) is 22.3 Å². The molecule has 62 heavy (non-hydrogen) atoms. The predicted molar refractivity (Wildman–Crippen MR) is 266 cm³/mol. The molecule has 0 aliphatic heterocycles. The Hall–Kier alpha value is -7.64. The van der Waals surface area contributed by atoms with Gasteiger partial charge in [0, 0.05) is 22.3 Å². The van der Waals surface area contributed by atoms with Gasteiger partial charge in [0.25, 0.3) is 0 Å². The van der Waals surface area contributed by atoms with Crippen molar-refractivity contribution in [2.45, 2.75) is 41.5 Å². The van der Waals surface area contributed by atoms with Crippen molar-refractivity contribution >= 4 is 43.1 Å². The van der Waals surface area contributed by atoms with Gasteiger partial charge in [-0.15, -0.1) is 0 Å². The summed E-state index contributed by atoms with van der Waals surface area (Å²) in [5, 5.41) is 9.54. The molecule has 0 unspecified atom stereocenters. The van der Waals surface area contributed by atoms with Crippen LogP contribution in [0.3, 0.4) is 0 Å². The van der Waals surface area contributed by atoms with Crippen molar-refractivity contribution in [2.24, 2.45) is 0 Å². The van der Waals surface area contributed by atoms with Crippen molar-refractivity contribution in [3.8, 4) is 57.1 Å². The van der Waals surface area contributed by atoms with Gasteiger partial charge in [-0.2, -0.15) is 0 Å². The van der Waals surface area contributed by atoms with E-state index in [0.29, 0.717) is 0 Å². The van der Waals surface area contributed by atoms with Gasteiger partial charge >= 0.3 is 0 Å². The van der Waals surface area contributed by atoms with E-state index in [4.69, 9.17) is 0 Å². The molecule has 0 bridgehead atoms. The first-order valence-corrected chi connectivity index (χ1v) is 21.5. The molecule has 0 heteroatoms. The second kappa shape index (κ2) is 15.8. The summed E-state index contributed by atoms with van der Waals surface area (Å²) in [6.45, 7) is 13.4. The van der Waals surface area contributed by atoms with E-state index >= 15 is 0 Å². The highest BCUT2D eigenvalue weighted by atomic mass is 14.2. The molecule has 0 aliphatic rings. The summed E-state index contributed by atoms with van der Waals surface area (Å²) in [5.41, 5.74) is 19.0. The molecule has 0 amide bonds. The van der Waals surface area contributed by atoms with Crippen LogP contribution in [-0.2, 0) is 0 Å². The average molecular weight is 791 g/mol. The molecule has 0 saturated carbocycles. The lowest BCUT2D eigenvalue weighted by atomic mass is 9.83. The molecule has 0 aromatic heterocycles. The van der Waals surface area contributed by atoms with Crippen LogP contribution < -0.4 is 0 Å². The predicted octanol–water partition coefficient (Wildman–Crippen LogP) is 16.0. The maximum Gasteiger partial charge on any atom is 0.0406 e. The van der Waals surface area contributed by atoms with Gasteiger partial charge in [-0.3, -0.25) is 0 Å². The van der Waals surface area contributed by atoms with Gasteiger partial charge in [0.1, 0.15) is 0 Å². The van der Waals surface area contributed by atoms with Gasteiger partial charge in [-0.1, -0.05) is 194 Å². The summed E-state index contributed by atoms with van der Waals surface area (Å²) in [4.78, 5) is 0. The second-order valence-electron chi connectivity index (χ2n) is 16.7. The van der Waals surface area contributed by atoms with Gasteiger partial charge < -0.3 is 0 Å². The topological polar surface area (TPSA) is 0 Å². The number of aryl methyl sites for hydroxylation is 4. The quantitative estimate of drug-likeness (QED) is 0.124. The van der Waals surface area contributed by atoms with E-state index in [-0.39, 0.29) is 0 Å². The lowest BCUT2D eigenvalue weighted by Crippen LogP contribution is -2.02. The highest BCUT2D eigenvalue weighted by molar-refractivity contribution is 6.17. The molecule has 0 aliphatic carbocycles. The summed E-state index contributed by atoms with van der Waals surface area (Å²) in [5.74, 6) is 15.1. The van der Waals surface area contributed by atoms with Crippen LogP contribution in [0.4, 0.5) is 0 Å². The molecule has 0 nitrogen and oxygen atoms in total. The summed E-state index contributed by atoms with van der Waals surface area (Å²) in [7, 11) is 0. The molecule has 10 rings (SSSR count). The van der Waals surface area contributed by atoms with Gasteiger partial charge in [0.05, 0.1) is 0 Å². The Morgan fingerprint density at radius 1 is 0.242 bits per heavy atom. The molecule has 0 heterocycles. The van der Waals surface area contributed by atoms with Crippen LogP contribution in [0.25, 0.3) is 76.5 Å². The van der Waals surface area contributed by atoms with E-state index in [1.54, 1.807) is 0 Å². The van der Waals surface area contributed by atoms with Crippen molar-refractivity contribution in [2.75, 3.05) is 0 Å². The number of hydrogen-bond donors (Lipinski definition) is 0. The Labute approximate surface area is 365 Å². The third-order valence-corrected chi connectivity index (χ3v) is 12.8. The molecule has 10 aromatic carbocycles. The van der Waals surface area contributed by atoms with Crippen molar-refractivity contribution in [1.82, 2.24) is 0 Å². The fourth-order valence-corrected chi connectivity index (χ4v) is 10.1. The van der Waals surface area contributed by atoms with Crippen LogP contribution in [0.15, 0.2) is 170 Å². The molecule has 0 radical (unpaired) electrons. The van der Waals surface area contributed by atoms with E-state index in [1.807, 2.05) is 0 Å². The highest BCUT2D eigenvalue weighted by Gasteiger charge is 2.20. The zero-order valence-electron chi connectivity index (χ0n) is 36.2. The first-order valence-electron chi connectivity index (χ1n) is 21.5. The molecular weight excluding hydrogens is 745 g/mol. The molecule has 0 atom stereocenters. The van der Waals surface area contributed by atoms with Crippen LogP contribution in [0.1, 0.15) is 55.6 Å². The zero-order chi connectivity index (χ0) is 42.5. The first kappa shape index (κ1) is 38.6. The average Bonchev–Trinajstić information content (AvgIpc) is 3.29. The monoisotopic (exact) mass is 790 g/mol.